The average molecular weight is 339 g/mol. The maximum absolute atomic E-state index is 10.8. The Morgan fingerprint density at radius 1 is 1.47 bits per heavy atom. The summed E-state index contributed by atoms with van der Waals surface area (Å²) in [5.41, 5.74) is 0.471. The molecule has 2 N–H and O–H groups in total. The zero-order chi connectivity index (χ0) is 13.4. The molecule has 0 fully saturated rings. The summed E-state index contributed by atoms with van der Waals surface area (Å²) >= 11 is 4.92. The van der Waals surface area contributed by atoms with Crippen molar-refractivity contribution >= 4 is 49.7 Å². The molecular formula is C11H7BrN4O2S. The van der Waals surface area contributed by atoms with E-state index >= 15 is 0 Å². The quantitative estimate of drug-likeness (QED) is 0.767. The molecule has 3 aromatic rings. The second-order valence-corrected chi connectivity index (χ2v) is 5.53. The van der Waals surface area contributed by atoms with Crippen LogP contribution in [0.2, 0.25) is 0 Å². The van der Waals surface area contributed by atoms with E-state index in [1.165, 1.54) is 10.7 Å². The van der Waals surface area contributed by atoms with Gasteiger partial charge in [-0.15, -0.1) is 16.4 Å². The Kier molecular flexibility index (Phi) is 2.96. The Morgan fingerprint density at radius 3 is 3.00 bits per heavy atom. The maximum Gasteiger partial charge on any atom is 0.356 e. The smallest absolute Gasteiger partial charge is 0.356 e. The van der Waals surface area contributed by atoms with Crippen LogP contribution in [0.15, 0.2) is 34.2 Å². The Hall–Kier alpha value is -1.93. The summed E-state index contributed by atoms with van der Waals surface area (Å²) in [5, 5.41) is 19.2. The molecule has 3 rings (SSSR count). The van der Waals surface area contributed by atoms with Gasteiger partial charge in [-0.3, -0.25) is 0 Å². The molecule has 0 unspecified atom stereocenters. The highest BCUT2D eigenvalue weighted by Gasteiger charge is 2.09. The van der Waals surface area contributed by atoms with Crippen molar-refractivity contribution in [2.45, 2.75) is 0 Å². The van der Waals surface area contributed by atoms with Crippen molar-refractivity contribution in [2.24, 2.45) is 0 Å². The van der Waals surface area contributed by atoms with Crippen LogP contribution in [0.1, 0.15) is 10.5 Å². The lowest BCUT2D eigenvalue weighted by Crippen LogP contribution is -1.97. The highest BCUT2D eigenvalue weighted by molar-refractivity contribution is 9.10. The van der Waals surface area contributed by atoms with Gasteiger partial charge in [-0.1, -0.05) is 0 Å². The Bertz CT molecular complexity index is 767. The number of hydrogen-bond donors (Lipinski definition) is 2. The monoisotopic (exact) mass is 338 g/mol. The number of aromatic carboxylic acids is 1. The average Bonchev–Trinajstić information content (AvgIpc) is 2.95. The van der Waals surface area contributed by atoms with Crippen molar-refractivity contribution in [3.05, 3.63) is 39.9 Å². The van der Waals surface area contributed by atoms with E-state index in [0.717, 1.165) is 9.47 Å². The number of fused-ring (bicyclic) bond motifs is 1. The zero-order valence-corrected chi connectivity index (χ0v) is 11.8. The standard InChI is InChI=1S/C11H7BrN4O2S/c12-6-3-10(19-5-6)14-8-1-2-9-13-7(11(17)18)4-16(9)15-8/h1-5H,(H,14,15)(H,17,18). The number of hydrogen-bond acceptors (Lipinski definition) is 5. The summed E-state index contributed by atoms with van der Waals surface area (Å²) in [6.07, 6.45) is 1.38. The number of imidazole rings is 1. The number of halogens is 1. The normalized spacial score (nSPS) is 10.8. The van der Waals surface area contributed by atoms with Crippen LogP contribution in [0.5, 0.6) is 0 Å². The topological polar surface area (TPSA) is 79.5 Å². The molecule has 0 saturated heterocycles. The third kappa shape index (κ3) is 2.45. The number of nitrogens with zero attached hydrogens (tertiary/aromatic N) is 3. The SMILES string of the molecule is O=C(O)c1cn2nc(Nc3cc(Br)cs3)ccc2n1. The molecule has 6 nitrogen and oxygen atoms in total. The second kappa shape index (κ2) is 4.63. The number of carboxylic acid groups (broad SMARTS) is 1. The Morgan fingerprint density at radius 2 is 2.32 bits per heavy atom. The molecule has 0 aliphatic rings. The van der Waals surface area contributed by atoms with Crippen LogP contribution in [0.4, 0.5) is 10.8 Å². The largest absolute Gasteiger partial charge is 0.476 e. The lowest BCUT2D eigenvalue weighted by Gasteiger charge is -2.02. The van der Waals surface area contributed by atoms with Crippen LogP contribution in [-0.4, -0.2) is 25.7 Å². The predicted molar refractivity (Wildman–Crippen MR) is 75.2 cm³/mol. The van der Waals surface area contributed by atoms with E-state index < -0.39 is 5.97 Å². The Balaban J connectivity index is 1.94. The van der Waals surface area contributed by atoms with Gasteiger partial charge in [0.25, 0.3) is 0 Å². The van der Waals surface area contributed by atoms with Gasteiger partial charge in [-0.2, -0.15) is 0 Å². The zero-order valence-electron chi connectivity index (χ0n) is 9.37. The first-order valence-corrected chi connectivity index (χ1v) is 6.90. The predicted octanol–water partition coefficient (Wildman–Crippen LogP) is 3.00. The van der Waals surface area contributed by atoms with Gasteiger partial charge in [-0.05, 0) is 34.1 Å². The number of rotatable bonds is 3. The molecule has 0 aromatic carbocycles. The molecule has 0 amide bonds. The molecule has 0 bridgehead atoms. The summed E-state index contributed by atoms with van der Waals surface area (Å²) in [5.74, 6) is -0.446. The van der Waals surface area contributed by atoms with Crippen LogP contribution >= 0.6 is 27.3 Å². The number of aromatic nitrogens is 3. The first kappa shape index (κ1) is 12.1. The van der Waals surface area contributed by atoms with E-state index in [4.69, 9.17) is 5.11 Å². The molecule has 0 aliphatic carbocycles. The van der Waals surface area contributed by atoms with Crippen molar-refractivity contribution in [3.63, 3.8) is 0 Å². The maximum atomic E-state index is 10.8. The van der Waals surface area contributed by atoms with Crippen LogP contribution in [-0.2, 0) is 0 Å². The molecule has 0 radical (unpaired) electrons. The van der Waals surface area contributed by atoms with Gasteiger partial charge in [0.05, 0.1) is 11.2 Å². The number of anilines is 2. The number of carbonyl (C=O) groups is 1. The molecule has 0 atom stereocenters. The lowest BCUT2D eigenvalue weighted by molar-refractivity contribution is 0.0691. The molecule has 3 aromatic heterocycles. The minimum absolute atomic E-state index is 0.0245. The van der Waals surface area contributed by atoms with E-state index in [2.05, 4.69) is 31.3 Å². The van der Waals surface area contributed by atoms with Crippen LogP contribution in [0, 0.1) is 0 Å². The van der Waals surface area contributed by atoms with Gasteiger partial charge < -0.3 is 10.4 Å². The van der Waals surface area contributed by atoms with Crippen molar-refractivity contribution in [1.82, 2.24) is 14.6 Å². The van der Waals surface area contributed by atoms with Gasteiger partial charge in [0, 0.05) is 9.85 Å². The van der Waals surface area contributed by atoms with Crippen LogP contribution in [0.25, 0.3) is 5.65 Å². The summed E-state index contributed by atoms with van der Waals surface area (Å²) in [7, 11) is 0. The highest BCUT2D eigenvalue weighted by atomic mass is 79.9. The second-order valence-electron chi connectivity index (χ2n) is 3.71. The fraction of sp³-hybridized carbons (Fsp3) is 0. The summed E-state index contributed by atoms with van der Waals surface area (Å²) < 4.78 is 2.44. The summed E-state index contributed by atoms with van der Waals surface area (Å²) in [6, 6.07) is 5.40. The molecule has 0 saturated carbocycles. The van der Waals surface area contributed by atoms with E-state index in [1.54, 1.807) is 23.5 Å². The van der Waals surface area contributed by atoms with E-state index in [-0.39, 0.29) is 5.69 Å². The van der Waals surface area contributed by atoms with Crippen LogP contribution < -0.4 is 5.32 Å². The van der Waals surface area contributed by atoms with Gasteiger partial charge in [0.2, 0.25) is 0 Å². The highest BCUT2D eigenvalue weighted by Crippen LogP contribution is 2.26. The fourth-order valence-electron chi connectivity index (χ4n) is 1.56. The van der Waals surface area contributed by atoms with Crippen molar-refractivity contribution in [2.75, 3.05) is 5.32 Å². The van der Waals surface area contributed by atoms with Gasteiger partial charge in [0.15, 0.2) is 17.2 Å². The third-order valence-corrected chi connectivity index (χ3v) is 3.96. The number of carboxylic acids is 1. The first-order chi connectivity index (χ1) is 9.11. The minimum atomic E-state index is -1.07. The van der Waals surface area contributed by atoms with E-state index in [0.29, 0.717) is 11.5 Å². The van der Waals surface area contributed by atoms with Crippen molar-refractivity contribution < 1.29 is 9.90 Å². The van der Waals surface area contributed by atoms with Gasteiger partial charge in [0.1, 0.15) is 0 Å². The molecule has 0 spiro atoms. The number of thiophene rings is 1. The number of nitrogens with one attached hydrogen (secondary N) is 1. The van der Waals surface area contributed by atoms with Gasteiger partial charge >= 0.3 is 5.97 Å². The lowest BCUT2D eigenvalue weighted by atomic mass is 10.5. The van der Waals surface area contributed by atoms with E-state index in [1.807, 2.05) is 11.4 Å². The van der Waals surface area contributed by atoms with E-state index in [9.17, 15) is 4.79 Å². The molecule has 19 heavy (non-hydrogen) atoms. The fourth-order valence-corrected chi connectivity index (χ4v) is 2.88. The Labute approximate surface area is 119 Å². The molecule has 0 aliphatic heterocycles. The third-order valence-electron chi connectivity index (χ3n) is 2.36. The van der Waals surface area contributed by atoms with Gasteiger partial charge in [-0.25, -0.2) is 14.3 Å². The van der Waals surface area contributed by atoms with Crippen molar-refractivity contribution in [1.29, 1.82) is 0 Å². The first-order valence-electron chi connectivity index (χ1n) is 5.22. The molecule has 96 valence electrons. The summed E-state index contributed by atoms with van der Waals surface area (Å²) in [6.45, 7) is 0. The minimum Gasteiger partial charge on any atom is -0.476 e. The molecule has 3 heterocycles. The summed E-state index contributed by atoms with van der Waals surface area (Å²) in [4.78, 5) is 14.8. The van der Waals surface area contributed by atoms with Crippen molar-refractivity contribution in [3.8, 4) is 0 Å². The molecule has 8 heteroatoms. The van der Waals surface area contributed by atoms with Crippen LogP contribution in [0.3, 0.4) is 0 Å². The molecular weight excluding hydrogens is 332 g/mol.